The average molecular weight is 357 g/mol. The Morgan fingerprint density at radius 3 is 2.62 bits per heavy atom. The van der Waals surface area contributed by atoms with E-state index in [0.717, 1.165) is 30.6 Å². The molecule has 0 atom stereocenters. The molecule has 0 unspecified atom stereocenters. The van der Waals surface area contributed by atoms with Crippen molar-refractivity contribution in [3.05, 3.63) is 47.8 Å². The number of methoxy groups -OCH3 is 2. The molecule has 0 spiro atoms. The summed E-state index contributed by atoms with van der Waals surface area (Å²) in [6.45, 7) is 3.45. The van der Waals surface area contributed by atoms with Gasteiger partial charge in [0.2, 0.25) is 0 Å². The maximum absolute atomic E-state index is 12.5. The molecule has 1 N–H and O–H groups in total. The molecule has 0 fully saturated rings. The number of aromatic nitrogens is 1. The first-order valence-corrected chi connectivity index (χ1v) is 8.74. The number of unbranched alkanes of at least 4 members (excludes halogenated alkanes) is 1. The summed E-state index contributed by atoms with van der Waals surface area (Å²) in [5.74, 6) is 1.37. The maximum atomic E-state index is 12.5. The molecule has 0 bridgehead atoms. The van der Waals surface area contributed by atoms with Gasteiger partial charge < -0.3 is 19.7 Å². The number of nitrogens with zero attached hydrogens (tertiary/aromatic N) is 2. The predicted octanol–water partition coefficient (Wildman–Crippen LogP) is 3.58. The van der Waals surface area contributed by atoms with Crippen LogP contribution in [0.1, 0.15) is 35.7 Å². The second-order valence-corrected chi connectivity index (χ2v) is 6.09. The minimum Gasteiger partial charge on any atom is -0.493 e. The van der Waals surface area contributed by atoms with Crippen LogP contribution in [0.25, 0.3) is 0 Å². The van der Waals surface area contributed by atoms with E-state index in [0.29, 0.717) is 23.6 Å². The Bertz CT molecular complexity index is 734. The van der Waals surface area contributed by atoms with Gasteiger partial charge in [0.15, 0.2) is 11.5 Å². The summed E-state index contributed by atoms with van der Waals surface area (Å²) in [5.41, 5.74) is 2.43. The summed E-state index contributed by atoms with van der Waals surface area (Å²) in [6, 6.07) is 7.59. The molecule has 140 valence electrons. The van der Waals surface area contributed by atoms with Crippen LogP contribution in [0.2, 0.25) is 0 Å². The van der Waals surface area contributed by atoms with E-state index in [2.05, 4.69) is 17.2 Å². The van der Waals surface area contributed by atoms with Crippen molar-refractivity contribution >= 4 is 11.6 Å². The minimum atomic E-state index is -0.0132. The summed E-state index contributed by atoms with van der Waals surface area (Å²) < 4.78 is 10.6. The standard InChI is InChI=1S/C20H27N3O3/c1-5-6-9-23(2)20(24)16-11-17(14-21-13-16)22-12-15-7-8-18(25-3)19(10-15)26-4/h7-8,10-11,13-14,22H,5-6,9,12H2,1-4H3. The van der Waals surface area contributed by atoms with Crippen LogP contribution in [0.5, 0.6) is 11.5 Å². The minimum absolute atomic E-state index is 0.0132. The van der Waals surface area contributed by atoms with Gasteiger partial charge in [-0.1, -0.05) is 19.4 Å². The molecular weight excluding hydrogens is 330 g/mol. The lowest BCUT2D eigenvalue weighted by Crippen LogP contribution is -2.27. The Morgan fingerprint density at radius 1 is 1.15 bits per heavy atom. The van der Waals surface area contributed by atoms with Crippen molar-refractivity contribution in [3.8, 4) is 11.5 Å². The summed E-state index contributed by atoms with van der Waals surface area (Å²) >= 11 is 0. The number of amides is 1. The lowest BCUT2D eigenvalue weighted by molar-refractivity contribution is 0.0793. The Hall–Kier alpha value is -2.76. The van der Waals surface area contributed by atoms with Crippen LogP contribution in [-0.4, -0.2) is 43.6 Å². The number of rotatable bonds is 9. The number of pyridine rings is 1. The number of anilines is 1. The van der Waals surface area contributed by atoms with Crippen molar-refractivity contribution < 1.29 is 14.3 Å². The molecule has 26 heavy (non-hydrogen) atoms. The smallest absolute Gasteiger partial charge is 0.255 e. The molecule has 2 aromatic rings. The largest absolute Gasteiger partial charge is 0.493 e. The van der Waals surface area contributed by atoms with Crippen molar-refractivity contribution in [1.29, 1.82) is 0 Å². The Labute approximate surface area is 155 Å². The van der Waals surface area contributed by atoms with E-state index in [-0.39, 0.29) is 5.91 Å². The van der Waals surface area contributed by atoms with Gasteiger partial charge in [0.05, 0.1) is 25.5 Å². The molecule has 0 aliphatic rings. The lowest BCUT2D eigenvalue weighted by atomic mass is 10.2. The predicted molar refractivity (Wildman–Crippen MR) is 103 cm³/mol. The van der Waals surface area contributed by atoms with E-state index in [1.165, 1.54) is 0 Å². The Morgan fingerprint density at radius 2 is 1.92 bits per heavy atom. The first-order chi connectivity index (χ1) is 12.6. The third-order valence-corrected chi connectivity index (χ3v) is 4.12. The highest BCUT2D eigenvalue weighted by Gasteiger charge is 2.12. The van der Waals surface area contributed by atoms with Crippen LogP contribution >= 0.6 is 0 Å². The highest BCUT2D eigenvalue weighted by molar-refractivity contribution is 5.94. The summed E-state index contributed by atoms with van der Waals surface area (Å²) in [7, 11) is 5.05. The number of benzene rings is 1. The Balaban J connectivity index is 2.03. The second-order valence-electron chi connectivity index (χ2n) is 6.09. The van der Waals surface area contributed by atoms with E-state index in [4.69, 9.17) is 9.47 Å². The van der Waals surface area contributed by atoms with Crippen LogP contribution in [0.3, 0.4) is 0 Å². The zero-order valence-electron chi connectivity index (χ0n) is 15.9. The van der Waals surface area contributed by atoms with Gasteiger partial charge in [-0.15, -0.1) is 0 Å². The van der Waals surface area contributed by atoms with Gasteiger partial charge in [0.1, 0.15) is 0 Å². The molecule has 2 rings (SSSR count). The molecule has 1 aromatic carbocycles. The second kappa shape index (κ2) is 9.65. The van der Waals surface area contributed by atoms with Crippen LogP contribution in [0.15, 0.2) is 36.7 Å². The van der Waals surface area contributed by atoms with Gasteiger partial charge in [-0.2, -0.15) is 0 Å². The van der Waals surface area contributed by atoms with E-state index in [9.17, 15) is 4.79 Å². The third kappa shape index (κ3) is 5.12. The summed E-state index contributed by atoms with van der Waals surface area (Å²) in [5, 5.41) is 3.30. The third-order valence-electron chi connectivity index (χ3n) is 4.12. The average Bonchev–Trinajstić information content (AvgIpc) is 2.69. The van der Waals surface area contributed by atoms with Crippen molar-refractivity contribution in [1.82, 2.24) is 9.88 Å². The van der Waals surface area contributed by atoms with Crippen molar-refractivity contribution in [2.75, 3.05) is 33.1 Å². The van der Waals surface area contributed by atoms with Crippen LogP contribution in [0, 0.1) is 0 Å². The number of ether oxygens (including phenoxy) is 2. The molecule has 1 aromatic heterocycles. The fraction of sp³-hybridized carbons (Fsp3) is 0.400. The maximum Gasteiger partial charge on any atom is 0.255 e. The number of carbonyl (C=O) groups is 1. The topological polar surface area (TPSA) is 63.7 Å². The van der Waals surface area contributed by atoms with Crippen LogP contribution in [0.4, 0.5) is 5.69 Å². The summed E-state index contributed by atoms with van der Waals surface area (Å²) in [4.78, 5) is 18.4. The van der Waals surface area contributed by atoms with Gasteiger partial charge in [0, 0.05) is 32.5 Å². The quantitative estimate of drug-likeness (QED) is 0.743. The van der Waals surface area contributed by atoms with Gasteiger partial charge in [-0.05, 0) is 30.2 Å². The van der Waals surface area contributed by atoms with Gasteiger partial charge in [-0.3, -0.25) is 9.78 Å². The molecular formula is C20H27N3O3. The fourth-order valence-corrected chi connectivity index (χ4v) is 2.57. The number of hydrogen-bond acceptors (Lipinski definition) is 5. The van der Waals surface area contributed by atoms with E-state index in [1.54, 1.807) is 31.5 Å². The SMILES string of the molecule is CCCCN(C)C(=O)c1cncc(NCc2ccc(OC)c(OC)c2)c1. The monoisotopic (exact) mass is 357 g/mol. The van der Waals surface area contributed by atoms with Gasteiger partial charge >= 0.3 is 0 Å². The molecule has 6 heteroatoms. The first-order valence-electron chi connectivity index (χ1n) is 8.74. The summed E-state index contributed by atoms with van der Waals surface area (Å²) in [6.07, 6.45) is 5.37. The Kier molecular flexibility index (Phi) is 7.26. The number of hydrogen-bond donors (Lipinski definition) is 1. The van der Waals surface area contributed by atoms with Gasteiger partial charge in [-0.25, -0.2) is 0 Å². The first kappa shape index (κ1) is 19.6. The zero-order chi connectivity index (χ0) is 18.9. The molecule has 0 aliphatic heterocycles. The molecule has 1 heterocycles. The fourth-order valence-electron chi connectivity index (χ4n) is 2.57. The van der Waals surface area contributed by atoms with E-state index < -0.39 is 0 Å². The normalized spacial score (nSPS) is 10.3. The molecule has 0 saturated carbocycles. The van der Waals surface area contributed by atoms with E-state index in [1.807, 2.05) is 31.3 Å². The lowest BCUT2D eigenvalue weighted by Gasteiger charge is -2.17. The number of carbonyl (C=O) groups excluding carboxylic acids is 1. The zero-order valence-corrected chi connectivity index (χ0v) is 15.9. The highest BCUT2D eigenvalue weighted by Crippen LogP contribution is 2.27. The van der Waals surface area contributed by atoms with E-state index >= 15 is 0 Å². The molecule has 0 aliphatic carbocycles. The molecule has 1 amide bonds. The van der Waals surface area contributed by atoms with Crippen LogP contribution < -0.4 is 14.8 Å². The molecule has 0 radical (unpaired) electrons. The van der Waals surface area contributed by atoms with Crippen molar-refractivity contribution in [2.24, 2.45) is 0 Å². The molecule has 6 nitrogen and oxygen atoms in total. The van der Waals surface area contributed by atoms with Crippen LogP contribution in [-0.2, 0) is 6.54 Å². The van der Waals surface area contributed by atoms with Crippen molar-refractivity contribution in [3.63, 3.8) is 0 Å². The van der Waals surface area contributed by atoms with Gasteiger partial charge in [0.25, 0.3) is 5.91 Å². The highest BCUT2D eigenvalue weighted by atomic mass is 16.5. The number of nitrogens with one attached hydrogen (secondary N) is 1. The van der Waals surface area contributed by atoms with Crippen molar-refractivity contribution in [2.45, 2.75) is 26.3 Å². The molecule has 0 saturated heterocycles.